The van der Waals surface area contributed by atoms with Crippen LogP contribution < -0.4 is 10.6 Å². The summed E-state index contributed by atoms with van der Waals surface area (Å²) >= 11 is 12.1. The molecular weight excluding hydrogens is 336 g/mol. The molecule has 0 saturated carbocycles. The number of halogens is 5. The zero-order valence-electron chi connectivity index (χ0n) is 12.1. The first-order chi connectivity index (χ1) is 10.3. The highest BCUT2D eigenvalue weighted by Crippen LogP contribution is 2.37. The highest BCUT2D eigenvalue weighted by molar-refractivity contribution is 6.42. The molecule has 2 rings (SSSR count). The van der Waals surface area contributed by atoms with Crippen molar-refractivity contribution in [1.82, 2.24) is 10.6 Å². The minimum absolute atomic E-state index is 0.203. The molecule has 1 unspecified atom stereocenters. The highest BCUT2D eigenvalue weighted by Gasteiger charge is 2.34. The Kier molecular flexibility index (Phi) is 6.00. The van der Waals surface area contributed by atoms with Crippen LogP contribution in [0.5, 0.6) is 0 Å². The maximum absolute atomic E-state index is 12.2. The Morgan fingerprint density at radius 3 is 2.59 bits per heavy atom. The standard InChI is InChI=1S/C15H19Cl2F3N2/c16-12-3-2-11(8-13(12)17)14(4-1-6-21-9-14)5-7-22-10-15(18,19)20/h2-3,8,21-22H,1,4-7,9-10H2. The Balaban J connectivity index is 2.08. The third-order valence-electron chi connectivity index (χ3n) is 4.11. The van der Waals surface area contributed by atoms with Crippen LogP contribution >= 0.6 is 23.2 Å². The molecule has 0 amide bonds. The van der Waals surface area contributed by atoms with Crippen LogP contribution in [0.3, 0.4) is 0 Å². The van der Waals surface area contributed by atoms with Crippen molar-refractivity contribution in [3.8, 4) is 0 Å². The maximum Gasteiger partial charge on any atom is 0.401 e. The van der Waals surface area contributed by atoms with Crippen LogP contribution in [-0.4, -0.2) is 32.4 Å². The van der Waals surface area contributed by atoms with E-state index >= 15 is 0 Å². The van der Waals surface area contributed by atoms with Gasteiger partial charge in [0.1, 0.15) is 0 Å². The first kappa shape index (κ1) is 17.9. The number of hydrogen-bond acceptors (Lipinski definition) is 2. The Morgan fingerprint density at radius 1 is 1.23 bits per heavy atom. The molecule has 2 nitrogen and oxygen atoms in total. The summed E-state index contributed by atoms with van der Waals surface area (Å²) < 4.78 is 36.7. The first-order valence-corrected chi connectivity index (χ1v) is 8.02. The lowest BCUT2D eigenvalue weighted by Crippen LogP contribution is -2.45. The van der Waals surface area contributed by atoms with Crippen molar-refractivity contribution in [3.05, 3.63) is 33.8 Å². The lowest BCUT2D eigenvalue weighted by molar-refractivity contribution is -0.124. The predicted molar refractivity (Wildman–Crippen MR) is 83.8 cm³/mol. The number of rotatable bonds is 5. The van der Waals surface area contributed by atoms with Gasteiger partial charge < -0.3 is 10.6 Å². The van der Waals surface area contributed by atoms with Crippen LogP contribution in [0.25, 0.3) is 0 Å². The SMILES string of the molecule is FC(F)(F)CNCCC1(c2ccc(Cl)c(Cl)c2)CCCNC1. The zero-order chi connectivity index (χ0) is 16.2. The second-order valence-corrected chi connectivity index (χ2v) is 6.55. The lowest BCUT2D eigenvalue weighted by atomic mass is 9.72. The predicted octanol–water partition coefficient (Wildman–Crippen LogP) is 4.16. The lowest BCUT2D eigenvalue weighted by Gasteiger charge is -2.39. The van der Waals surface area contributed by atoms with E-state index in [1.54, 1.807) is 6.07 Å². The monoisotopic (exact) mass is 354 g/mol. The van der Waals surface area contributed by atoms with E-state index < -0.39 is 12.7 Å². The molecule has 1 aromatic carbocycles. The summed E-state index contributed by atoms with van der Waals surface area (Å²) in [7, 11) is 0. The largest absolute Gasteiger partial charge is 0.401 e. The fourth-order valence-electron chi connectivity index (χ4n) is 2.96. The quantitative estimate of drug-likeness (QED) is 0.776. The van der Waals surface area contributed by atoms with Gasteiger partial charge in [-0.15, -0.1) is 0 Å². The van der Waals surface area contributed by atoms with Gasteiger partial charge in [-0.2, -0.15) is 13.2 Å². The Hall–Kier alpha value is -0.490. The fourth-order valence-corrected chi connectivity index (χ4v) is 3.25. The van der Waals surface area contributed by atoms with E-state index in [1.807, 2.05) is 12.1 Å². The van der Waals surface area contributed by atoms with Gasteiger partial charge in [-0.05, 0) is 50.0 Å². The summed E-state index contributed by atoms with van der Waals surface area (Å²) in [6.45, 7) is 1.01. The Morgan fingerprint density at radius 2 is 2.00 bits per heavy atom. The second-order valence-electron chi connectivity index (χ2n) is 5.73. The molecule has 0 bridgehead atoms. The summed E-state index contributed by atoms with van der Waals surface area (Å²) in [6.07, 6.45) is -1.65. The van der Waals surface area contributed by atoms with Crippen molar-refractivity contribution in [2.45, 2.75) is 30.9 Å². The molecule has 22 heavy (non-hydrogen) atoms. The van der Waals surface area contributed by atoms with Gasteiger partial charge in [-0.3, -0.25) is 0 Å². The Bertz CT molecular complexity index is 500. The van der Waals surface area contributed by atoms with Gasteiger partial charge in [0, 0.05) is 12.0 Å². The molecule has 0 aliphatic carbocycles. The third kappa shape index (κ3) is 4.75. The number of piperidine rings is 1. The minimum atomic E-state index is -4.18. The molecule has 1 aliphatic heterocycles. The van der Waals surface area contributed by atoms with Crippen LogP contribution in [0, 0.1) is 0 Å². The summed E-state index contributed by atoms with van der Waals surface area (Å²) in [4.78, 5) is 0. The number of benzene rings is 1. The molecule has 7 heteroatoms. The third-order valence-corrected chi connectivity index (χ3v) is 4.85. The van der Waals surface area contributed by atoms with Gasteiger partial charge in [0.15, 0.2) is 0 Å². The highest BCUT2D eigenvalue weighted by atomic mass is 35.5. The van der Waals surface area contributed by atoms with Gasteiger partial charge in [0.05, 0.1) is 16.6 Å². The van der Waals surface area contributed by atoms with Gasteiger partial charge in [0.25, 0.3) is 0 Å². The van der Waals surface area contributed by atoms with E-state index in [9.17, 15) is 13.2 Å². The van der Waals surface area contributed by atoms with Crippen molar-refractivity contribution in [3.63, 3.8) is 0 Å². The van der Waals surface area contributed by atoms with Crippen LogP contribution in [0.1, 0.15) is 24.8 Å². The van der Waals surface area contributed by atoms with Crippen LogP contribution in [0.2, 0.25) is 10.0 Å². The normalized spacial score (nSPS) is 22.8. The van der Waals surface area contributed by atoms with Crippen molar-refractivity contribution in [2.75, 3.05) is 26.2 Å². The van der Waals surface area contributed by atoms with Gasteiger partial charge >= 0.3 is 6.18 Å². The summed E-state index contributed by atoms with van der Waals surface area (Å²) in [5.41, 5.74) is 0.827. The first-order valence-electron chi connectivity index (χ1n) is 7.26. The van der Waals surface area contributed by atoms with E-state index in [1.165, 1.54) is 0 Å². The minimum Gasteiger partial charge on any atom is -0.316 e. The summed E-state index contributed by atoms with van der Waals surface area (Å²) in [6, 6.07) is 5.50. The average molecular weight is 355 g/mol. The van der Waals surface area contributed by atoms with Crippen LogP contribution in [-0.2, 0) is 5.41 Å². The van der Waals surface area contributed by atoms with E-state index in [2.05, 4.69) is 10.6 Å². The summed E-state index contributed by atoms with van der Waals surface area (Å²) in [5.74, 6) is 0. The molecule has 1 atom stereocenters. The van der Waals surface area contributed by atoms with Crippen molar-refractivity contribution < 1.29 is 13.2 Å². The zero-order valence-corrected chi connectivity index (χ0v) is 13.6. The van der Waals surface area contributed by atoms with Gasteiger partial charge in [-0.25, -0.2) is 0 Å². The molecular formula is C15H19Cl2F3N2. The van der Waals surface area contributed by atoms with Crippen LogP contribution in [0.4, 0.5) is 13.2 Å². The molecule has 124 valence electrons. The molecule has 0 radical (unpaired) electrons. The van der Waals surface area contributed by atoms with E-state index in [4.69, 9.17) is 23.2 Å². The fraction of sp³-hybridized carbons (Fsp3) is 0.600. The van der Waals surface area contributed by atoms with Crippen molar-refractivity contribution in [2.24, 2.45) is 0 Å². The maximum atomic E-state index is 12.2. The molecule has 1 aliphatic rings. The van der Waals surface area contributed by atoms with Crippen molar-refractivity contribution >= 4 is 23.2 Å². The Labute approximate surface area is 138 Å². The van der Waals surface area contributed by atoms with Crippen LogP contribution in [0.15, 0.2) is 18.2 Å². The van der Waals surface area contributed by atoms with E-state index in [0.29, 0.717) is 23.0 Å². The molecule has 1 saturated heterocycles. The number of hydrogen-bond donors (Lipinski definition) is 2. The molecule has 2 N–H and O–H groups in total. The number of nitrogens with one attached hydrogen (secondary N) is 2. The second kappa shape index (κ2) is 7.39. The number of alkyl halides is 3. The van der Waals surface area contributed by atoms with E-state index in [-0.39, 0.29) is 5.41 Å². The summed E-state index contributed by atoms with van der Waals surface area (Å²) in [5, 5.41) is 6.79. The van der Waals surface area contributed by atoms with Gasteiger partial charge in [0.2, 0.25) is 0 Å². The molecule has 1 aromatic rings. The molecule has 0 aromatic heterocycles. The molecule has 0 spiro atoms. The topological polar surface area (TPSA) is 24.1 Å². The van der Waals surface area contributed by atoms with E-state index in [0.717, 1.165) is 31.5 Å². The smallest absolute Gasteiger partial charge is 0.316 e. The van der Waals surface area contributed by atoms with Gasteiger partial charge in [-0.1, -0.05) is 29.3 Å². The van der Waals surface area contributed by atoms with Crippen molar-refractivity contribution in [1.29, 1.82) is 0 Å². The molecule has 1 heterocycles. The average Bonchev–Trinajstić information content (AvgIpc) is 2.46. The molecule has 1 fully saturated rings.